The number of fused-ring (bicyclic) bond motifs is 1. The molecule has 1 aromatic carbocycles. The molecule has 4 heteroatoms. The number of hydrogen-bond donors (Lipinski definition) is 1. The van der Waals surface area contributed by atoms with E-state index in [1.165, 1.54) is 31.2 Å². The van der Waals surface area contributed by atoms with Gasteiger partial charge in [-0.15, -0.1) is 0 Å². The second-order valence-electron chi connectivity index (χ2n) is 6.09. The van der Waals surface area contributed by atoms with E-state index in [0.29, 0.717) is 19.0 Å². The van der Waals surface area contributed by atoms with Gasteiger partial charge in [0.2, 0.25) is 0 Å². The molecule has 0 aromatic heterocycles. The fourth-order valence-electron chi connectivity index (χ4n) is 3.46. The van der Waals surface area contributed by atoms with Crippen molar-refractivity contribution in [1.29, 1.82) is 0 Å². The molecule has 20 heavy (non-hydrogen) atoms. The van der Waals surface area contributed by atoms with Crippen LogP contribution in [0.2, 0.25) is 0 Å². The van der Waals surface area contributed by atoms with Gasteiger partial charge in [0.25, 0.3) is 0 Å². The van der Waals surface area contributed by atoms with Gasteiger partial charge in [0, 0.05) is 26.2 Å². The molecule has 1 unspecified atom stereocenters. The minimum Gasteiger partial charge on any atom is -0.326 e. The van der Waals surface area contributed by atoms with Crippen LogP contribution in [0.3, 0.4) is 0 Å². The van der Waals surface area contributed by atoms with Gasteiger partial charge >= 0.3 is 6.03 Å². The van der Waals surface area contributed by atoms with Crippen molar-refractivity contribution in [2.75, 3.05) is 18.5 Å². The Bertz CT molecular complexity index is 496. The highest BCUT2D eigenvalue weighted by molar-refractivity contribution is 5.94. The summed E-state index contributed by atoms with van der Waals surface area (Å²) < 4.78 is 0. The number of rotatable bonds is 3. The molecule has 0 bridgehead atoms. The van der Waals surface area contributed by atoms with Gasteiger partial charge in [0.1, 0.15) is 0 Å². The zero-order chi connectivity index (χ0) is 14.1. The van der Waals surface area contributed by atoms with Crippen LogP contribution in [-0.4, -0.2) is 30.6 Å². The second kappa shape index (κ2) is 5.44. The van der Waals surface area contributed by atoms with E-state index in [1.54, 1.807) is 4.90 Å². The molecule has 1 aliphatic heterocycles. The Balaban J connectivity index is 1.81. The number of amides is 2. The molecule has 3 rings (SSSR count). The van der Waals surface area contributed by atoms with E-state index in [-0.39, 0.29) is 12.1 Å². The molecule has 0 radical (unpaired) electrons. The first kappa shape index (κ1) is 13.4. The first-order valence-corrected chi connectivity index (χ1v) is 7.53. The summed E-state index contributed by atoms with van der Waals surface area (Å²) in [6.07, 6.45) is 4.98. The van der Waals surface area contributed by atoms with Crippen LogP contribution >= 0.6 is 0 Å². The Labute approximate surface area is 120 Å². The van der Waals surface area contributed by atoms with Gasteiger partial charge in [-0.25, -0.2) is 4.79 Å². The number of carbonyl (C=O) groups is 1. The van der Waals surface area contributed by atoms with E-state index in [4.69, 9.17) is 5.73 Å². The van der Waals surface area contributed by atoms with Gasteiger partial charge in [-0.2, -0.15) is 0 Å². The molecule has 0 spiro atoms. The molecular weight excluding hydrogens is 250 g/mol. The molecule has 2 aliphatic rings. The normalized spacial score (nSPS) is 21.2. The number of urea groups is 1. The van der Waals surface area contributed by atoms with Crippen LogP contribution in [0.15, 0.2) is 24.3 Å². The van der Waals surface area contributed by atoms with E-state index in [1.807, 2.05) is 30.1 Å². The molecule has 108 valence electrons. The maximum absolute atomic E-state index is 12.4. The summed E-state index contributed by atoms with van der Waals surface area (Å²) in [5.74, 6) is 0.571. The van der Waals surface area contributed by atoms with Crippen LogP contribution in [0.25, 0.3) is 0 Å². The van der Waals surface area contributed by atoms with Crippen molar-refractivity contribution in [2.45, 2.75) is 38.3 Å². The van der Waals surface area contributed by atoms with Crippen LogP contribution in [0, 0.1) is 5.92 Å². The summed E-state index contributed by atoms with van der Waals surface area (Å²) >= 11 is 0. The van der Waals surface area contributed by atoms with Crippen molar-refractivity contribution in [3.05, 3.63) is 29.8 Å². The van der Waals surface area contributed by atoms with Gasteiger partial charge in [-0.1, -0.05) is 31.0 Å². The Morgan fingerprint density at radius 2 is 2.00 bits per heavy atom. The monoisotopic (exact) mass is 273 g/mol. The third kappa shape index (κ3) is 2.40. The van der Waals surface area contributed by atoms with Crippen molar-refractivity contribution in [1.82, 2.24) is 4.90 Å². The van der Waals surface area contributed by atoms with Crippen LogP contribution in [0.4, 0.5) is 10.5 Å². The molecule has 0 saturated heterocycles. The molecule has 1 atom stereocenters. The number of anilines is 1. The summed E-state index contributed by atoms with van der Waals surface area (Å²) in [7, 11) is 1.85. The first-order chi connectivity index (χ1) is 9.66. The maximum atomic E-state index is 12.4. The van der Waals surface area contributed by atoms with E-state index < -0.39 is 0 Å². The highest BCUT2D eigenvalue weighted by atomic mass is 16.2. The summed E-state index contributed by atoms with van der Waals surface area (Å²) in [5, 5.41) is 0. The van der Waals surface area contributed by atoms with Crippen molar-refractivity contribution < 1.29 is 4.79 Å². The molecule has 4 nitrogen and oxygen atoms in total. The summed E-state index contributed by atoms with van der Waals surface area (Å²) in [6, 6.07) is 8.29. The lowest BCUT2D eigenvalue weighted by atomic mass is 9.97. The highest BCUT2D eigenvalue weighted by Crippen LogP contribution is 2.31. The molecule has 1 fully saturated rings. The number of benzene rings is 1. The van der Waals surface area contributed by atoms with Gasteiger partial charge in [-0.05, 0) is 30.4 Å². The molecule has 1 aliphatic carbocycles. The van der Waals surface area contributed by atoms with E-state index in [9.17, 15) is 4.79 Å². The van der Waals surface area contributed by atoms with Crippen LogP contribution < -0.4 is 10.6 Å². The van der Waals surface area contributed by atoms with Gasteiger partial charge in [-0.3, -0.25) is 4.90 Å². The molecule has 2 N–H and O–H groups in total. The lowest BCUT2D eigenvalue weighted by molar-refractivity contribution is 0.209. The van der Waals surface area contributed by atoms with Gasteiger partial charge in [0.05, 0.1) is 5.69 Å². The average Bonchev–Trinajstić information content (AvgIpc) is 2.98. The number of para-hydroxylation sites is 1. The molecule has 1 saturated carbocycles. The van der Waals surface area contributed by atoms with Gasteiger partial charge < -0.3 is 10.6 Å². The van der Waals surface area contributed by atoms with Crippen molar-refractivity contribution >= 4 is 11.7 Å². The topological polar surface area (TPSA) is 49.6 Å². The predicted octanol–water partition coefficient (Wildman–Crippen LogP) is 2.58. The molecular formula is C16H23N3O. The Hall–Kier alpha value is -1.55. The third-order valence-electron chi connectivity index (χ3n) is 4.65. The van der Waals surface area contributed by atoms with Crippen LogP contribution in [-0.2, 0) is 6.54 Å². The molecule has 1 heterocycles. The van der Waals surface area contributed by atoms with E-state index >= 15 is 0 Å². The fourth-order valence-corrected chi connectivity index (χ4v) is 3.46. The quantitative estimate of drug-likeness (QED) is 0.920. The minimum absolute atomic E-state index is 0.0668. The largest absolute Gasteiger partial charge is 0.326 e. The molecule has 1 aromatic rings. The van der Waals surface area contributed by atoms with Crippen molar-refractivity contribution in [3.8, 4) is 0 Å². The number of carbonyl (C=O) groups excluding carboxylic acids is 1. The van der Waals surface area contributed by atoms with Crippen LogP contribution in [0.5, 0.6) is 0 Å². The Morgan fingerprint density at radius 1 is 1.30 bits per heavy atom. The average molecular weight is 273 g/mol. The van der Waals surface area contributed by atoms with Crippen molar-refractivity contribution in [2.24, 2.45) is 11.7 Å². The van der Waals surface area contributed by atoms with Gasteiger partial charge in [0.15, 0.2) is 0 Å². The van der Waals surface area contributed by atoms with Crippen molar-refractivity contribution in [3.63, 3.8) is 0 Å². The van der Waals surface area contributed by atoms with E-state index in [0.717, 1.165) is 5.69 Å². The lowest BCUT2D eigenvalue weighted by Crippen LogP contribution is -2.51. The number of nitrogens with zero attached hydrogens (tertiary/aromatic N) is 2. The minimum atomic E-state index is 0.0668. The zero-order valence-electron chi connectivity index (χ0n) is 12.1. The maximum Gasteiger partial charge on any atom is 0.324 e. The van der Waals surface area contributed by atoms with E-state index in [2.05, 4.69) is 6.07 Å². The van der Waals surface area contributed by atoms with Crippen LogP contribution in [0.1, 0.15) is 31.2 Å². The second-order valence-corrected chi connectivity index (χ2v) is 6.09. The zero-order valence-corrected chi connectivity index (χ0v) is 12.1. The SMILES string of the molecule is CN1Cc2ccccc2N(CC(N)C2CCCC2)C1=O. The summed E-state index contributed by atoms with van der Waals surface area (Å²) in [6.45, 7) is 1.31. The third-order valence-corrected chi connectivity index (χ3v) is 4.65. The standard InChI is InChI=1S/C16H23N3O/c1-18-10-13-8-4-5-9-15(13)19(16(18)20)11-14(17)12-6-2-3-7-12/h4-5,8-9,12,14H,2-3,6-7,10-11,17H2,1H3. The smallest absolute Gasteiger partial charge is 0.324 e. The fraction of sp³-hybridized carbons (Fsp3) is 0.562. The Kier molecular flexibility index (Phi) is 3.66. The highest BCUT2D eigenvalue weighted by Gasteiger charge is 2.31. The molecule has 2 amide bonds. The predicted molar refractivity (Wildman–Crippen MR) is 80.6 cm³/mol. The number of hydrogen-bond acceptors (Lipinski definition) is 2. The number of nitrogens with two attached hydrogens (primary N) is 1. The summed E-state index contributed by atoms with van der Waals surface area (Å²) in [5.41, 5.74) is 8.60. The lowest BCUT2D eigenvalue weighted by Gasteiger charge is -2.37. The Morgan fingerprint density at radius 3 is 2.75 bits per heavy atom. The first-order valence-electron chi connectivity index (χ1n) is 7.53. The summed E-state index contributed by atoms with van der Waals surface area (Å²) in [4.78, 5) is 16.1.